The van der Waals surface area contributed by atoms with Crippen molar-refractivity contribution in [3.63, 3.8) is 0 Å². The fraction of sp³-hybridized carbons (Fsp3) is 0.308. The van der Waals surface area contributed by atoms with Crippen LogP contribution in [0.5, 0.6) is 0 Å². The van der Waals surface area contributed by atoms with Crippen LogP contribution in [0.2, 0.25) is 0 Å². The van der Waals surface area contributed by atoms with Crippen molar-refractivity contribution >= 4 is 23.3 Å². The monoisotopic (exact) mass is 303 g/mol. The van der Waals surface area contributed by atoms with Gasteiger partial charge in [0, 0.05) is 22.5 Å². The molecule has 0 aromatic carbocycles. The van der Waals surface area contributed by atoms with Crippen molar-refractivity contribution in [2.45, 2.75) is 27.7 Å². The van der Waals surface area contributed by atoms with Crippen LogP contribution in [0, 0.1) is 24.7 Å². The molecule has 9 nitrogen and oxygen atoms in total. The summed E-state index contributed by atoms with van der Waals surface area (Å²) in [5.74, 6) is -0.471. The molecule has 0 bridgehead atoms. The molecule has 0 atom stereocenters. The Hall–Kier alpha value is -2.97. The van der Waals surface area contributed by atoms with Crippen LogP contribution in [-0.4, -0.2) is 28.3 Å². The van der Waals surface area contributed by atoms with E-state index in [4.69, 9.17) is 22.3 Å². The molecule has 22 heavy (non-hydrogen) atoms. The van der Waals surface area contributed by atoms with Gasteiger partial charge in [-0.1, -0.05) is 0 Å². The van der Waals surface area contributed by atoms with E-state index in [2.05, 4.69) is 26.0 Å². The number of nitrogens with zero attached hydrogens (tertiary/aromatic N) is 3. The zero-order valence-corrected chi connectivity index (χ0v) is 13.1. The van der Waals surface area contributed by atoms with Crippen LogP contribution in [0.3, 0.4) is 0 Å². The Labute approximate surface area is 128 Å². The average Bonchev–Trinajstić information content (AvgIpc) is 2.42. The summed E-state index contributed by atoms with van der Waals surface area (Å²) < 4.78 is 0. The predicted octanol–water partition coefficient (Wildman–Crippen LogP) is 0.113. The van der Waals surface area contributed by atoms with Gasteiger partial charge in [-0.3, -0.25) is 15.8 Å². The number of nitrogens with two attached hydrogens (primary N) is 2. The van der Waals surface area contributed by atoms with E-state index in [0.717, 1.165) is 22.5 Å². The summed E-state index contributed by atoms with van der Waals surface area (Å²) in [5, 5.41) is 22.3. The Kier molecular flexibility index (Phi) is 5.56. The van der Waals surface area contributed by atoms with Crippen LogP contribution in [0.15, 0.2) is 16.3 Å². The number of rotatable bonds is 4. The van der Waals surface area contributed by atoms with Gasteiger partial charge in [0.05, 0.1) is 11.4 Å². The summed E-state index contributed by atoms with van der Waals surface area (Å²) in [7, 11) is 0. The summed E-state index contributed by atoms with van der Waals surface area (Å²) in [5.41, 5.74) is 19.8. The number of nitrogens with one attached hydrogen (secondary N) is 4. The largest absolute Gasteiger partial charge is 0.369 e. The lowest BCUT2D eigenvalue weighted by Gasteiger charge is -2.11. The molecular formula is C13H21N9. The van der Waals surface area contributed by atoms with Crippen LogP contribution in [0.1, 0.15) is 36.4 Å². The van der Waals surface area contributed by atoms with Crippen molar-refractivity contribution in [2.24, 2.45) is 21.7 Å². The Balaban J connectivity index is 3.24. The third kappa shape index (κ3) is 4.54. The van der Waals surface area contributed by atoms with Gasteiger partial charge in [-0.05, 0) is 33.8 Å². The molecule has 0 saturated carbocycles. The summed E-state index contributed by atoms with van der Waals surface area (Å²) in [6.07, 6.45) is 0. The van der Waals surface area contributed by atoms with E-state index in [-0.39, 0.29) is 11.9 Å². The Morgan fingerprint density at radius 2 is 1.32 bits per heavy atom. The molecule has 0 aliphatic rings. The zero-order chi connectivity index (χ0) is 16.9. The van der Waals surface area contributed by atoms with Gasteiger partial charge in [-0.2, -0.15) is 10.2 Å². The molecule has 0 fully saturated rings. The van der Waals surface area contributed by atoms with Gasteiger partial charge in [-0.25, -0.2) is 10.9 Å². The van der Waals surface area contributed by atoms with Crippen molar-refractivity contribution in [3.8, 4) is 0 Å². The maximum Gasteiger partial charge on any atom is 0.206 e. The number of guanidine groups is 2. The fourth-order valence-corrected chi connectivity index (χ4v) is 1.87. The smallest absolute Gasteiger partial charge is 0.206 e. The summed E-state index contributed by atoms with van der Waals surface area (Å²) in [6.45, 7) is 7.33. The van der Waals surface area contributed by atoms with Crippen molar-refractivity contribution in [2.75, 3.05) is 0 Å². The van der Waals surface area contributed by atoms with Crippen LogP contribution in [0.25, 0.3) is 0 Å². The number of hydrogen-bond donors (Lipinski definition) is 6. The highest BCUT2D eigenvalue weighted by Gasteiger charge is 2.11. The topological polar surface area (TPSA) is 161 Å². The first-order valence-electron chi connectivity index (χ1n) is 6.50. The molecule has 0 unspecified atom stereocenters. The summed E-state index contributed by atoms with van der Waals surface area (Å²) in [6, 6.07) is 1.90. The number of pyridine rings is 1. The number of aromatic nitrogens is 1. The number of hydrazone groups is 2. The van der Waals surface area contributed by atoms with Crippen molar-refractivity contribution in [1.29, 1.82) is 10.8 Å². The number of aryl methyl sites for hydroxylation is 2. The molecule has 1 aromatic rings. The summed E-state index contributed by atoms with van der Waals surface area (Å²) >= 11 is 0. The molecule has 118 valence electrons. The molecule has 9 heteroatoms. The highest BCUT2D eigenvalue weighted by molar-refractivity contribution is 6.05. The van der Waals surface area contributed by atoms with E-state index >= 15 is 0 Å². The second kappa shape index (κ2) is 7.16. The SMILES string of the molecule is CC(=NNC(=N)N)c1cc(C(C)=NNC(=N)N)c(C)nc1C. The number of hydrogen-bond acceptors (Lipinski definition) is 5. The molecule has 0 aliphatic heterocycles. The quantitative estimate of drug-likeness (QED) is 0.264. The minimum atomic E-state index is -0.235. The Bertz CT molecular complexity index is 604. The lowest BCUT2D eigenvalue weighted by Crippen LogP contribution is -2.27. The Morgan fingerprint density at radius 1 is 0.955 bits per heavy atom. The lowest BCUT2D eigenvalue weighted by atomic mass is 10.0. The molecule has 1 aromatic heterocycles. The van der Waals surface area contributed by atoms with Gasteiger partial charge in [0.2, 0.25) is 11.9 Å². The van der Waals surface area contributed by atoms with E-state index in [0.29, 0.717) is 11.4 Å². The molecule has 1 heterocycles. The van der Waals surface area contributed by atoms with E-state index in [1.54, 1.807) is 13.8 Å². The third-order valence-electron chi connectivity index (χ3n) is 2.87. The predicted molar refractivity (Wildman–Crippen MR) is 88.2 cm³/mol. The van der Waals surface area contributed by atoms with Gasteiger partial charge in [-0.15, -0.1) is 0 Å². The molecule has 0 aliphatic carbocycles. The average molecular weight is 303 g/mol. The van der Waals surface area contributed by atoms with E-state index in [1.807, 2.05) is 19.9 Å². The molecule has 1 rings (SSSR count). The fourth-order valence-electron chi connectivity index (χ4n) is 1.87. The van der Waals surface area contributed by atoms with Crippen molar-refractivity contribution in [3.05, 3.63) is 28.6 Å². The van der Waals surface area contributed by atoms with Gasteiger partial charge < -0.3 is 11.5 Å². The molecule has 0 saturated heterocycles. The zero-order valence-electron chi connectivity index (χ0n) is 13.1. The second-order valence-corrected chi connectivity index (χ2v) is 4.70. The van der Waals surface area contributed by atoms with Crippen molar-refractivity contribution in [1.82, 2.24) is 15.8 Å². The first kappa shape index (κ1) is 17.1. The second-order valence-electron chi connectivity index (χ2n) is 4.70. The molecule has 0 amide bonds. The highest BCUT2D eigenvalue weighted by atomic mass is 15.3. The lowest BCUT2D eigenvalue weighted by molar-refractivity contribution is 0.983. The molecule has 0 radical (unpaired) electrons. The highest BCUT2D eigenvalue weighted by Crippen LogP contribution is 2.14. The van der Waals surface area contributed by atoms with Crippen LogP contribution >= 0.6 is 0 Å². The Morgan fingerprint density at radius 3 is 1.64 bits per heavy atom. The van der Waals surface area contributed by atoms with Gasteiger partial charge >= 0.3 is 0 Å². The molecule has 0 spiro atoms. The standard InChI is InChI=1S/C13H21N9/c1-6-10(8(3)19-21-12(14)15)5-11(7(2)18-6)9(4)20-22-13(16)17/h5H,1-4H3,(H4,14,15,21)(H4,16,17,22). The first-order valence-corrected chi connectivity index (χ1v) is 6.50. The maximum absolute atomic E-state index is 7.13. The van der Waals surface area contributed by atoms with Gasteiger partial charge in [0.25, 0.3) is 0 Å². The maximum atomic E-state index is 7.13. The van der Waals surface area contributed by atoms with Gasteiger partial charge in [0.1, 0.15) is 0 Å². The van der Waals surface area contributed by atoms with E-state index in [1.165, 1.54) is 0 Å². The van der Waals surface area contributed by atoms with E-state index in [9.17, 15) is 0 Å². The minimum absolute atomic E-state index is 0.235. The first-order chi connectivity index (χ1) is 10.2. The van der Waals surface area contributed by atoms with Gasteiger partial charge in [0.15, 0.2) is 0 Å². The normalized spacial score (nSPS) is 12.0. The minimum Gasteiger partial charge on any atom is -0.369 e. The van der Waals surface area contributed by atoms with E-state index < -0.39 is 0 Å². The van der Waals surface area contributed by atoms with Crippen molar-refractivity contribution < 1.29 is 0 Å². The van der Waals surface area contributed by atoms with Crippen LogP contribution in [-0.2, 0) is 0 Å². The molecular weight excluding hydrogens is 282 g/mol. The molecule has 8 N–H and O–H groups in total. The third-order valence-corrected chi connectivity index (χ3v) is 2.87. The summed E-state index contributed by atoms with van der Waals surface area (Å²) in [4.78, 5) is 4.48. The van der Waals surface area contributed by atoms with Crippen LogP contribution < -0.4 is 22.3 Å². The van der Waals surface area contributed by atoms with Crippen LogP contribution in [0.4, 0.5) is 0 Å².